The van der Waals surface area contributed by atoms with Crippen LogP contribution in [0.25, 0.3) is 0 Å². The molecule has 0 bridgehead atoms. The first-order chi connectivity index (χ1) is 5.90. The van der Waals surface area contributed by atoms with Gasteiger partial charge in [0.1, 0.15) is 5.82 Å². The fourth-order valence-electron chi connectivity index (χ4n) is 1.15. The van der Waals surface area contributed by atoms with E-state index in [9.17, 15) is 4.39 Å². The Morgan fingerprint density at radius 2 is 1.85 bits per heavy atom. The summed E-state index contributed by atoms with van der Waals surface area (Å²) in [5, 5.41) is 3.25. The zero-order valence-corrected chi connectivity index (χ0v) is 8.61. The van der Waals surface area contributed by atoms with Gasteiger partial charge in [0.05, 0.1) is 0 Å². The van der Waals surface area contributed by atoms with E-state index in [1.807, 2.05) is 6.07 Å². The van der Waals surface area contributed by atoms with Crippen LogP contribution in [-0.2, 0) is 0 Å². The Hall–Kier alpha value is -1.05. The topological polar surface area (TPSA) is 12.0 Å². The van der Waals surface area contributed by atoms with Crippen LogP contribution in [0.5, 0.6) is 0 Å². The number of anilines is 1. The van der Waals surface area contributed by atoms with Gasteiger partial charge in [0.25, 0.3) is 0 Å². The Balaban J connectivity index is 2.96. The monoisotopic (exact) mass is 181 g/mol. The molecule has 0 radical (unpaired) electrons. The molecule has 0 aliphatic carbocycles. The molecular formula is C11H16FN. The van der Waals surface area contributed by atoms with Gasteiger partial charge in [-0.3, -0.25) is 0 Å². The van der Waals surface area contributed by atoms with E-state index in [1.54, 1.807) is 13.0 Å². The molecule has 0 amide bonds. The summed E-state index contributed by atoms with van der Waals surface area (Å²) < 4.78 is 13.1. The molecule has 1 aromatic rings. The number of nitrogens with one attached hydrogen (secondary N) is 1. The van der Waals surface area contributed by atoms with Gasteiger partial charge in [0, 0.05) is 16.8 Å². The quantitative estimate of drug-likeness (QED) is 0.700. The number of rotatable bonds is 1. The average Bonchev–Trinajstić information content (AvgIpc) is 1.96. The van der Waals surface area contributed by atoms with Gasteiger partial charge >= 0.3 is 0 Å². The normalized spacial score (nSPS) is 11.5. The summed E-state index contributed by atoms with van der Waals surface area (Å²) in [6.45, 7) is 7.94. The molecule has 0 saturated carbocycles. The highest BCUT2D eigenvalue weighted by Gasteiger charge is 2.11. The van der Waals surface area contributed by atoms with Crippen LogP contribution in [0.3, 0.4) is 0 Å². The second kappa shape index (κ2) is 3.36. The molecule has 13 heavy (non-hydrogen) atoms. The lowest BCUT2D eigenvalue weighted by molar-refractivity contribution is 0.610. The molecule has 72 valence electrons. The van der Waals surface area contributed by atoms with Crippen molar-refractivity contribution in [3.63, 3.8) is 0 Å². The molecule has 0 atom stereocenters. The van der Waals surface area contributed by atoms with E-state index >= 15 is 0 Å². The minimum absolute atomic E-state index is 0.0292. The Morgan fingerprint density at radius 3 is 2.38 bits per heavy atom. The Labute approximate surface area is 79.0 Å². The van der Waals surface area contributed by atoms with E-state index in [-0.39, 0.29) is 11.4 Å². The summed E-state index contributed by atoms with van der Waals surface area (Å²) in [6.07, 6.45) is 0. The van der Waals surface area contributed by atoms with Crippen LogP contribution in [-0.4, -0.2) is 5.54 Å². The maximum absolute atomic E-state index is 13.1. The van der Waals surface area contributed by atoms with Gasteiger partial charge in [-0.05, 0) is 39.8 Å². The van der Waals surface area contributed by atoms with Crippen LogP contribution in [0.4, 0.5) is 10.1 Å². The average molecular weight is 181 g/mol. The molecule has 1 rings (SSSR count). The fraction of sp³-hybridized carbons (Fsp3) is 0.455. The molecule has 0 unspecified atom stereocenters. The Kier molecular flexibility index (Phi) is 2.60. The first kappa shape index (κ1) is 10.0. The highest BCUT2D eigenvalue weighted by molar-refractivity contribution is 5.52. The SMILES string of the molecule is Cc1c(F)cccc1NC(C)(C)C. The van der Waals surface area contributed by atoms with Crippen LogP contribution >= 0.6 is 0 Å². The summed E-state index contributed by atoms with van der Waals surface area (Å²) in [5.74, 6) is -0.158. The van der Waals surface area contributed by atoms with Crippen molar-refractivity contribution in [2.24, 2.45) is 0 Å². The van der Waals surface area contributed by atoms with Crippen molar-refractivity contribution in [2.45, 2.75) is 33.2 Å². The fourth-order valence-corrected chi connectivity index (χ4v) is 1.15. The van der Waals surface area contributed by atoms with Crippen LogP contribution in [0, 0.1) is 12.7 Å². The number of benzene rings is 1. The summed E-state index contributed by atoms with van der Waals surface area (Å²) in [5.41, 5.74) is 1.52. The van der Waals surface area contributed by atoms with Crippen molar-refractivity contribution < 1.29 is 4.39 Å². The molecule has 0 aromatic heterocycles. The number of halogens is 1. The van der Waals surface area contributed by atoms with Crippen molar-refractivity contribution in [3.8, 4) is 0 Å². The number of hydrogen-bond donors (Lipinski definition) is 1. The van der Waals surface area contributed by atoms with E-state index in [0.717, 1.165) is 5.69 Å². The zero-order valence-electron chi connectivity index (χ0n) is 8.61. The number of hydrogen-bond acceptors (Lipinski definition) is 1. The lowest BCUT2D eigenvalue weighted by atomic mass is 10.1. The highest BCUT2D eigenvalue weighted by Crippen LogP contribution is 2.20. The first-order valence-corrected chi connectivity index (χ1v) is 4.43. The smallest absolute Gasteiger partial charge is 0.128 e. The molecule has 1 aromatic carbocycles. The molecule has 2 heteroatoms. The van der Waals surface area contributed by atoms with Crippen LogP contribution in [0.2, 0.25) is 0 Å². The van der Waals surface area contributed by atoms with Crippen LogP contribution < -0.4 is 5.32 Å². The highest BCUT2D eigenvalue weighted by atomic mass is 19.1. The third-order valence-electron chi connectivity index (χ3n) is 1.78. The van der Waals surface area contributed by atoms with Crippen LogP contribution in [0.1, 0.15) is 26.3 Å². The minimum atomic E-state index is -0.158. The van der Waals surface area contributed by atoms with Crippen molar-refractivity contribution in [1.82, 2.24) is 0 Å². The van der Waals surface area contributed by atoms with E-state index in [4.69, 9.17) is 0 Å². The van der Waals surface area contributed by atoms with Gasteiger partial charge in [0.15, 0.2) is 0 Å². The second-order valence-electron chi connectivity index (χ2n) is 4.29. The third kappa shape index (κ3) is 2.72. The molecule has 0 aliphatic rings. The first-order valence-electron chi connectivity index (χ1n) is 4.43. The van der Waals surface area contributed by atoms with Crippen molar-refractivity contribution >= 4 is 5.69 Å². The second-order valence-corrected chi connectivity index (χ2v) is 4.29. The molecular weight excluding hydrogens is 165 g/mol. The largest absolute Gasteiger partial charge is 0.380 e. The Bertz CT molecular complexity index is 299. The van der Waals surface area contributed by atoms with E-state index in [2.05, 4.69) is 26.1 Å². The van der Waals surface area contributed by atoms with Crippen molar-refractivity contribution in [2.75, 3.05) is 5.32 Å². The van der Waals surface area contributed by atoms with Gasteiger partial charge in [0.2, 0.25) is 0 Å². The summed E-state index contributed by atoms with van der Waals surface area (Å²) >= 11 is 0. The molecule has 0 spiro atoms. The molecule has 1 N–H and O–H groups in total. The third-order valence-corrected chi connectivity index (χ3v) is 1.78. The molecule has 0 heterocycles. The van der Waals surface area contributed by atoms with Gasteiger partial charge < -0.3 is 5.32 Å². The van der Waals surface area contributed by atoms with Crippen molar-refractivity contribution in [1.29, 1.82) is 0 Å². The summed E-state index contributed by atoms with van der Waals surface area (Å²) in [7, 11) is 0. The predicted octanol–water partition coefficient (Wildman–Crippen LogP) is 3.34. The molecule has 0 fully saturated rings. The maximum Gasteiger partial charge on any atom is 0.128 e. The van der Waals surface area contributed by atoms with E-state index in [0.29, 0.717) is 5.56 Å². The minimum Gasteiger partial charge on any atom is -0.380 e. The zero-order chi connectivity index (χ0) is 10.1. The van der Waals surface area contributed by atoms with E-state index < -0.39 is 0 Å². The van der Waals surface area contributed by atoms with Crippen molar-refractivity contribution in [3.05, 3.63) is 29.6 Å². The lowest BCUT2D eigenvalue weighted by Crippen LogP contribution is -2.26. The molecule has 0 saturated heterocycles. The van der Waals surface area contributed by atoms with Crippen LogP contribution in [0.15, 0.2) is 18.2 Å². The van der Waals surface area contributed by atoms with E-state index in [1.165, 1.54) is 6.07 Å². The standard InChI is InChI=1S/C11H16FN/c1-8-9(12)6-5-7-10(8)13-11(2,3)4/h5-7,13H,1-4H3. The summed E-state index contributed by atoms with van der Waals surface area (Å²) in [4.78, 5) is 0. The van der Waals surface area contributed by atoms with Gasteiger partial charge in [-0.2, -0.15) is 0 Å². The predicted molar refractivity (Wildman–Crippen MR) is 54.5 cm³/mol. The summed E-state index contributed by atoms with van der Waals surface area (Å²) in [6, 6.07) is 5.09. The van der Waals surface area contributed by atoms with Gasteiger partial charge in [-0.25, -0.2) is 4.39 Å². The molecule has 0 aliphatic heterocycles. The Morgan fingerprint density at radius 1 is 1.23 bits per heavy atom. The van der Waals surface area contributed by atoms with Gasteiger partial charge in [-0.15, -0.1) is 0 Å². The lowest BCUT2D eigenvalue weighted by Gasteiger charge is -2.23. The molecule has 1 nitrogen and oxygen atoms in total. The van der Waals surface area contributed by atoms with Gasteiger partial charge in [-0.1, -0.05) is 6.07 Å². The maximum atomic E-state index is 13.1.